The first-order valence-corrected chi connectivity index (χ1v) is 12.7. The van der Waals surface area contributed by atoms with E-state index in [-0.39, 0.29) is 5.37 Å². The molecule has 4 rings (SSSR count). The Bertz CT molecular complexity index is 1430. The molecule has 0 amide bonds. The molecule has 0 aliphatic rings. The minimum Gasteiger partial charge on any atom is -0.407 e. The molecule has 1 heterocycles. The van der Waals surface area contributed by atoms with Gasteiger partial charge in [-0.25, -0.2) is 9.36 Å². The highest BCUT2D eigenvalue weighted by molar-refractivity contribution is 8.13. The van der Waals surface area contributed by atoms with Gasteiger partial charge in [-0.1, -0.05) is 53.2 Å². The summed E-state index contributed by atoms with van der Waals surface area (Å²) in [7, 11) is 1.75. The van der Waals surface area contributed by atoms with Crippen LogP contribution in [0.4, 0.5) is 5.69 Å². The number of aromatic nitrogens is 1. The van der Waals surface area contributed by atoms with Gasteiger partial charge in [-0.15, -0.1) is 6.58 Å². The molecule has 1 unspecified atom stereocenters. The molecule has 1 atom stereocenters. The molecule has 0 aliphatic carbocycles. The minimum atomic E-state index is -0.454. The number of benzene rings is 3. The fourth-order valence-electron chi connectivity index (χ4n) is 3.65. The van der Waals surface area contributed by atoms with Crippen molar-refractivity contribution in [2.75, 3.05) is 11.4 Å². The second kappa shape index (κ2) is 10.6. The molecule has 174 valence electrons. The first-order chi connectivity index (χ1) is 16.4. The third-order valence-corrected chi connectivity index (χ3v) is 7.62. The van der Waals surface area contributed by atoms with Crippen molar-refractivity contribution in [1.29, 1.82) is 0 Å². The Kier molecular flexibility index (Phi) is 7.56. The first-order valence-electron chi connectivity index (χ1n) is 10.6. The summed E-state index contributed by atoms with van der Waals surface area (Å²) in [4.78, 5) is 17.7. The Morgan fingerprint density at radius 3 is 2.68 bits per heavy atom. The summed E-state index contributed by atoms with van der Waals surface area (Å²) >= 11 is 9.26. The smallest absolute Gasteiger partial charge is 0.407 e. The highest BCUT2D eigenvalue weighted by atomic mass is 35.5. The SMILES string of the molecule is C=CC(SC=NC)N(Sc1ccc2c(c1)oc(=O)n2-c1cccc(Cl)c1)c1ccc(C)cc1C. The summed E-state index contributed by atoms with van der Waals surface area (Å²) in [6.45, 7) is 8.22. The van der Waals surface area contributed by atoms with E-state index in [0.29, 0.717) is 21.8 Å². The fourth-order valence-corrected chi connectivity index (χ4v) is 5.70. The number of hydrogen-bond acceptors (Lipinski definition) is 6. The highest BCUT2D eigenvalue weighted by Crippen LogP contribution is 2.38. The molecule has 4 aromatic rings. The number of hydrogen-bond donors (Lipinski definition) is 0. The number of aliphatic imine (C=N–C) groups is 1. The van der Waals surface area contributed by atoms with E-state index in [2.05, 4.69) is 47.9 Å². The van der Waals surface area contributed by atoms with Crippen LogP contribution in [0.3, 0.4) is 0 Å². The van der Waals surface area contributed by atoms with Crippen LogP contribution in [0.15, 0.2) is 92.4 Å². The third kappa shape index (κ3) is 5.12. The fraction of sp³-hybridized carbons (Fsp3) is 0.154. The van der Waals surface area contributed by atoms with E-state index in [9.17, 15) is 4.79 Å². The van der Waals surface area contributed by atoms with Crippen molar-refractivity contribution < 1.29 is 4.42 Å². The zero-order valence-electron chi connectivity index (χ0n) is 19.1. The van der Waals surface area contributed by atoms with Crippen molar-refractivity contribution in [2.45, 2.75) is 24.1 Å². The molecule has 0 spiro atoms. The lowest BCUT2D eigenvalue weighted by Gasteiger charge is -2.30. The average Bonchev–Trinajstić information content (AvgIpc) is 3.14. The molecular weight excluding hydrogens is 486 g/mol. The number of rotatable bonds is 8. The quantitative estimate of drug-likeness (QED) is 0.0821. The molecule has 0 bridgehead atoms. The van der Waals surface area contributed by atoms with Crippen molar-refractivity contribution in [3.63, 3.8) is 0 Å². The number of anilines is 1. The number of aryl methyl sites for hydroxylation is 2. The molecular formula is C26H24ClN3O2S2. The maximum atomic E-state index is 12.7. The predicted molar refractivity (Wildman–Crippen MR) is 147 cm³/mol. The second-order valence-corrected chi connectivity index (χ2v) is 10.1. The van der Waals surface area contributed by atoms with Crippen LogP contribution in [-0.4, -0.2) is 22.5 Å². The lowest BCUT2D eigenvalue weighted by atomic mass is 10.1. The largest absolute Gasteiger partial charge is 0.424 e. The Morgan fingerprint density at radius 2 is 1.97 bits per heavy atom. The van der Waals surface area contributed by atoms with E-state index in [1.54, 1.807) is 42.9 Å². The normalized spacial score (nSPS) is 12.4. The van der Waals surface area contributed by atoms with Crippen molar-refractivity contribution >= 4 is 57.6 Å². The monoisotopic (exact) mass is 509 g/mol. The second-order valence-electron chi connectivity index (χ2n) is 7.65. The highest BCUT2D eigenvalue weighted by Gasteiger charge is 2.21. The molecule has 1 aromatic heterocycles. The van der Waals surface area contributed by atoms with Crippen LogP contribution < -0.4 is 10.1 Å². The predicted octanol–water partition coefficient (Wildman–Crippen LogP) is 7.27. The Balaban J connectivity index is 1.75. The zero-order chi connectivity index (χ0) is 24.2. The molecule has 0 aliphatic heterocycles. The van der Waals surface area contributed by atoms with Gasteiger partial charge in [0.05, 0.1) is 22.4 Å². The summed E-state index contributed by atoms with van der Waals surface area (Å²) in [5.74, 6) is -0.454. The Hall–Kier alpha value is -2.87. The van der Waals surface area contributed by atoms with Gasteiger partial charge in [0.25, 0.3) is 0 Å². The summed E-state index contributed by atoms with van der Waals surface area (Å²) in [5, 5.41) is 0.493. The summed E-state index contributed by atoms with van der Waals surface area (Å²) in [6.07, 6.45) is 1.90. The molecule has 34 heavy (non-hydrogen) atoms. The number of thioether (sulfide) groups is 1. The molecule has 0 saturated heterocycles. The van der Waals surface area contributed by atoms with Gasteiger partial charge >= 0.3 is 5.76 Å². The van der Waals surface area contributed by atoms with Crippen LogP contribution in [0.25, 0.3) is 16.8 Å². The van der Waals surface area contributed by atoms with Crippen molar-refractivity contribution in [2.24, 2.45) is 4.99 Å². The van der Waals surface area contributed by atoms with Crippen molar-refractivity contribution in [3.05, 3.63) is 100 Å². The summed E-state index contributed by atoms with van der Waals surface area (Å²) in [5.41, 5.74) is 7.11. The van der Waals surface area contributed by atoms with Gasteiger partial charge in [0.2, 0.25) is 0 Å². The Labute approximate surface area is 212 Å². The van der Waals surface area contributed by atoms with Gasteiger partial charge in [0.1, 0.15) is 5.37 Å². The maximum absolute atomic E-state index is 12.7. The number of halogens is 1. The molecule has 0 fully saturated rings. The average molecular weight is 510 g/mol. The van der Waals surface area contributed by atoms with Gasteiger partial charge in [-0.3, -0.25) is 9.30 Å². The number of fused-ring (bicyclic) bond motifs is 1. The first kappa shape index (κ1) is 24.3. The maximum Gasteiger partial charge on any atom is 0.424 e. The lowest BCUT2D eigenvalue weighted by Crippen LogP contribution is -2.25. The molecule has 0 radical (unpaired) electrons. The topological polar surface area (TPSA) is 50.7 Å². The van der Waals surface area contributed by atoms with Crippen molar-refractivity contribution in [1.82, 2.24) is 4.57 Å². The minimum absolute atomic E-state index is 0.0612. The van der Waals surface area contributed by atoms with Crippen LogP contribution in [0, 0.1) is 13.8 Å². The standard InChI is InChI=1S/C26H24ClN3O2S2/c1-5-25(33-16-28-4)30(22-11-9-17(2)13-18(22)3)34-21-10-12-23-24(15-21)32-26(31)29(23)20-8-6-7-19(27)14-20/h5-16,25H,1H2,2-4H3. The van der Waals surface area contributed by atoms with E-state index < -0.39 is 5.76 Å². The van der Waals surface area contributed by atoms with E-state index >= 15 is 0 Å². The van der Waals surface area contributed by atoms with E-state index in [4.69, 9.17) is 16.0 Å². The zero-order valence-corrected chi connectivity index (χ0v) is 21.5. The summed E-state index contributed by atoms with van der Waals surface area (Å²) < 4.78 is 9.32. The lowest BCUT2D eigenvalue weighted by molar-refractivity contribution is 0.540. The Morgan fingerprint density at radius 1 is 1.15 bits per heavy atom. The van der Waals surface area contributed by atoms with Crippen LogP contribution in [0.5, 0.6) is 0 Å². The molecule has 3 aromatic carbocycles. The van der Waals surface area contributed by atoms with Crippen molar-refractivity contribution in [3.8, 4) is 5.69 Å². The van der Waals surface area contributed by atoms with E-state index in [1.165, 1.54) is 10.1 Å². The van der Waals surface area contributed by atoms with Crippen LogP contribution >= 0.6 is 35.3 Å². The molecule has 0 N–H and O–H groups in total. The van der Waals surface area contributed by atoms with Gasteiger partial charge < -0.3 is 4.42 Å². The van der Waals surface area contributed by atoms with Gasteiger partial charge in [-0.05, 0) is 73.8 Å². The van der Waals surface area contributed by atoms with E-state index in [0.717, 1.165) is 16.1 Å². The molecule has 5 nitrogen and oxygen atoms in total. The third-order valence-electron chi connectivity index (χ3n) is 5.15. The molecule has 8 heteroatoms. The molecule has 0 saturated carbocycles. The van der Waals surface area contributed by atoms with Crippen LogP contribution in [0.2, 0.25) is 5.02 Å². The number of nitrogens with zero attached hydrogens (tertiary/aromatic N) is 3. The van der Waals surface area contributed by atoms with E-state index in [1.807, 2.05) is 42.0 Å². The van der Waals surface area contributed by atoms with Crippen LogP contribution in [-0.2, 0) is 0 Å². The van der Waals surface area contributed by atoms with Gasteiger partial charge in [0.15, 0.2) is 5.58 Å². The van der Waals surface area contributed by atoms with Crippen LogP contribution in [0.1, 0.15) is 11.1 Å². The number of oxazole rings is 1. The van der Waals surface area contributed by atoms with Gasteiger partial charge in [0, 0.05) is 17.0 Å². The summed E-state index contributed by atoms with van der Waals surface area (Å²) in [6, 6.07) is 19.3. The van der Waals surface area contributed by atoms with Gasteiger partial charge in [-0.2, -0.15) is 0 Å².